The molecule has 1 saturated heterocycles. The lowest BCUT2D eigenvalue weighted by atomic mass is 9.88. The summed E-state index contributed by atoms with van der Waals surface area (Å²) < 4.78 is 0. The van der Waals surface area contributed by atoms with Gasteiger partial charge in [-0.3, -0.25) is 14.9 Å². The smallest absolute Gasteiger partial charge is 0.321 e. The number of rotatable bonds is 2. The second-order valence-electron chi connectivity index (χ2n) is 5.40. The lowest BCUT2D eigenvalue weighted by molar-refractivity contribution is -0.119. The van der Waals surface area contributed by atoms with Gasteiger partial charge in [0.05, 0.1) is 0 Å². The fraction of sp³-hybridized carbons (Fsp3) is 0.438. The minimum atomic E-state index is -0.377. The van der Waals surface area contributed by atoms with Crippen LogP contribution in [0.3, 0.4) is 0 Å². The van der Waals surface area contributed by atoms with Crippen LogP contribution in [0.15, 0.2) is 24.3 Å². The number of imide groups is 1. The van der Waals surface area contributed by atoms with Crippen molar-refractivity contribution in [2.45, 2.75) is 38.1 Å². The van der Waals surface area contributed by atoms with E-state index < -0.39 is 0 Å². The van der Waals surface area contributed by atoms with Crippen molar-refractivity contribution in [1.82, 2.24) is 16.0 Å². The van der Waals surface area contributed by atoms with Gasteiger partial charge in [0.25, 0.3) is 0 Å². The zero-order valence-corrected chi connectivity index (χ0v) is 12.4. The van der Waals surface area contributed by atoms with Gasteiger partial charge in [0.1, 0.15) is 0 Å². The average Bonchev–Trinajstić information content (AvgIpc) is 2.71. The summed E-state index contributed by atoms with van der Waals surface area (Å²) in [5.41, 5.74) is 2.82. The summed E-state index contributed by atoms with van der Waals surface area (Å²) in [4.78, 5) is 31.2. The normalized spacial score (nSPS) is 20.3. The SMILES string of the molecule is O=C1CCCNC(=O)N1.O=CNC1CCc2ccccc2C1. The monoisotopic (exact) mass is 303 g/mol. The molecule has 0 aromatic heterocycles. The van der Waals surface area contributed by atoms with Crippen molar-refractivity contribution in [3.8, 4) is 0 Å². The van der Waals surface area contributed by atoms with E-state index in [1.165, 1.54) is 11.1 Å². The fourth-order valence-electron chi connectivity index (χ4n) is 2.62. The van der Waals surface area contributed by atoms with Crippen molar-refractivity contribution in [3.63, 3.8) is 0 Å². The number of carbonyl (C=O) groups is 3. The lowest BCUT2D eigenvalue weighted by Gasteiger charge is -2.23. The fourth-order valence-corrected chi connectivity index (χ4v) is 2.62. The molecule has 1 aliphatic heterocycles. The maximum absolute atomic E-state index is 10.5. The van der Waals surface area contributed by atoms with Gasteiger partial charge in [0.15, 0.2) is 0 Å². The Bertz CT molecular complexity index is 529. The van der Waals surface area contributed by atoms with Crippen molar-refractivity contribution >= 4 is 18.3 Å². The summed E-state index contributed by atoms with van der Waals surface area (Å²) in [6.07, 6.45) is 5.11. The van der Waals surface area contributed by atoms with Crippen molar-refractivity contribution < 1.29 is 14.4 Å². The van der Waals surface area contributed by atoms with Crippen LogP contribution < -0.4 is 16.0 Å². The number of urea groups is 1. The van der Waals surface area contributed by atoms with E-state index in [-0.39, 0.29) is 11.9 Å². The third-order valence-electron chi connectivity index (χ3n) is 3.77. The molecule has 4 amide bonds. The van der Waals surface area contributed by atoms with Gasteiger partial charge in [-0.2, -0.15) is 0 Å². The topological polar surface area (TPSA) is 87.3 Å². The highest BCUT2D eigenvalue weighted by atomic mass is 16.2. The molecule has 6 nitrogen and oxygen atoms in total. The minimum absolute atomic E-state index is 0.190. The van der Waals surface area contributed by atoms with E-state index in [0.717, 1.165) is 32.1 Å². The summed E-state index contributed by atoms with van der Waals surface area (Å²) in [5.74, 6) is -0.190. The number of carbonyl (C=O) groups excluding carboxylic acids is 3. The number of fused-ring (bicyclic) bond motifs is 1. The maximum Gasteiger partial charge on any atom is 0.321 e. The molecule has 3 N–H and O–H groups in total. The Balaban J connectivity index is 0.000000172. The Kier molecular flexibility index (Phi) is 5.94. The van der Waals surface area contributed by atoms with E-state index >= 15 is 0 Å². The first-order valence-electron chi connectivity index (χ1n) is 7.53. The summed E-state index contributed by atoms with van der Waals surface area (Å²) in [7, 11) is 0. The van der Waals surface area contributed by atoms with Crippen LogP contribution in [-0.2, 0) is 22.4 Å². The standard InChI is InChI=1S/C11H13NO.C5H8N2O2/c13-8-12-11-6-5-9-3-1-2-4-10(9)7-11;8-4-2-1-3-6-5(9)7-4/h1-4,8,11H,5-7H2,(H,12,13);1-3H2,(H2,6,7,8,9). The molecule has 6 heteroatoms. The second-order valence-corrected chi connectivity index (χ2v) is 5.40. The highest BCUT2D eigenvalue weighted by Crippen LogP contribution is 2.20. The zero-order chi connectivity index (χ0) is 15.8. The Morgan fingerprint density at radius 1 is 1.14 bits per heavy atom. The van der Waals surface area contributed by atoms with Crippen LogP contribution in [0.25, 0.3) is 0 Å². The van der Waals surface area contributed by atoms with Gasteiger partial charge < -0.3 is 10.6 Å². The first-order valence-corrected chi connectivity index (χ1v) is 7.53. The Labute approximate surface area is 129 Å². The predicted molar refractivity (Wildman–Crippen MR) is 82.2 cm³/mol. The zero-order valence-electron chi connectivity index (χ0n) is 12.4. The molecule has 22 heavy (non-hydrogen) atoms. The van der Waals surface area contributed by atoms with Crippen LogP contribution in [0.5, 0.6) is 0 Å². The number of aryl methyl sites for hydroxylation is 1. The minimum Gasteiger partial charge on any atom is -0.356 e. The average molecular weight is 303 g/mol. The second kappa shape index (κ2) is 8.17. The molecule has 118 valence electrons. The number of amides is 4. The molecule has 1 unspecified atom stereocenters. The molecule has 1 fully saturated rings. The first kappa shape index (κ1) is 16.0. The van der Waals surface area contributed by atoms with E-state index in [2.05, 4.69) is 40.2 Å². The van der Waals surface area contributed by atoms with Crippen LogP contribution >= 0.6 is 0 Å². The molecule has 0 spiro atoms. The molecule has 1 atom stereocenters. The molecule has 1 aromatic rings. The van der Waals surface area contributed by atoms with Gasteiger partial charge in [-0.25, -0.2) is 4.79 Å². The number of hydrogen-bond donors (Lipinski definition) is 3. The summed E-state index contributed by atoms with van der Waals surface area (Å²) >= 11 is 0. The van der Waals surface area contributed by atoms with Crippen LogP contribution in [0.2, 0.25) is 0 Å². The largest absolute Gasteiger partial charge is 0.356 e. The molecule has 1 aromatic carbocycles. The molecule has 0 bridgehead atoms. The lowest BCUT2D eigenvalue weighted by Crippen LogP contribution is -2.35. The molecule has 0 radical (unpaired) electrons. The maximum atomic E-state index is 10.5. The highest BCUT2D eigenvalue weighted by Gasteiger charge is 2.16. The molecule has 1 heterocycles. The van der Waals surface area contributed by atoms with Gasteiger partial charge in [0.2, 0.25) is 12.3 Å². The van der Waals surface area contributed by atoms with Crippen LogP contribution in [0, 0.1) is 0 Å². The van der Waals surface area contributed by atoms with Gasteiger partial charge >= 0.3 is 6.03 Å². The van der Waals surface area contributed by atoms with E-state index in [1.54, 1.807) is 0 Å². The Morgan fingerprint density at radius 2 is 1.91 bits per heavy atom. The summed E-state index contributed by atoms with van der Waals surface area (Å²) in [6.45, 7) is 0.595. The highest BCUT2D eigenvalue weighted by molar-refractivity contribution is 5.94. The molecule has 1 aliphatic carbocycles. The third-order valence-corrected chi connectivity index (χ3v) is 3.77. The molecule has 2 aliphatic rings. The van der Waals surface area contributed by atoms with Crippen molar-refractivity contribution in [2.24, 2.45) is 0 Å². The van der Waals surface area contributed by atoms with Crippen LogP contribution in [0.1, 0.15) is 30.4 Å². The molecular weight excluding hydrogens is 282 g/mol. The summed E-state index contributed by atoms with van der Waals surface area (Å²) in [6, 6.07) is 8.42. The van der Waals surface area contributed by atoms with Crippen LogP contribution in [-0.4, -0.2) is 30.9 Å². The van der Waals surface area contributed by atoms with Crippen molar-refractivity contribution in [3.05, 3.63) is 35.4 Å². The third kappa shape index (κ3) is 4.87. The van der Waals surface area contributed by atoms with Gasteiger partial charge in [0, 0.05) is 19.0 Å². The predicted octanol–water partition coefficient (Wildman–Crippen LogP) is 0.896. The van der Waals surface area contributed by atoms with Crippen molar-refractivity contribution in [1.29, 1.82) is 0 Å². The summed E-state index contributed by atoms with van der Waals surface area (Å²) in [5, 5.41) is 7.50. The molecule has 0 saturated carbocycles. The number of hydrogen-bond acceptors (Lipinski definition) is 3. The van der Waals surface area contributed by atoms with Gasteiger partial charge in [-0.15, -0.1) is 0 Å². The quantitative estimate of drug-likeness (QED) is 0.709. The van der Waals surface area contributed by atoms with Crippen molar-refractivity contribution in [2.75, 3.05) is 6.54 Å². The van der Waals surface area contributed by atoms with Crippen LogP contribution in [0.4, 0.5) is 4.79 Å². The number of nitrogens with one attached hydrogen (secondary N) is 3. The van der Waals surface area contributed by atoms with E-state index in [4.69, 9.17) is 0 Å². The Morgan fingerprint density at radius 3 is 2.68 bits per heavy atom. The molecule has 3 rings (SSSR count). The first-order chi connectivity index (χ1) is 10.7. The van der Waals surface area contributed by atoms with Gasteiger partial charge in [-0.1, -0.05) is 24.3 Å². The van der Waals surface area contributed by atoms with E-state index in [0.29, 0.717) is 19.0 Å². The van der Waals surface area contributed by atoms with Gasteiger partial charge in [-0.05, 0) is 36.8 Å². The van der Waals surface area contributed by atoms with E-state index in [9.17, 15) is 14.4 Å². The Hall–Kier alpha value is -2.37. The number of benzene rings is 1. The molecular formula is C16H21N3O3. The van der Waals surface area contributed by atoms with E-state index in [1.807, 2.05) is 0 Å².